The van der Waals surface area contributed by atoms with E-state index in [1.165, 1.54) is 16.7 Å². The van der Waals surface area contributed by atoms with Crippen LogP contribution >= 0.6 is 0 Å². The van der Waals surface area contributed by atoms with Gasteiger partial charge in [0, 0.05) is 31.9 Å². The monoisotopic (exact) mass is 267 g/mol. The second kappa shape index (κ2) is 5.73. The van der Waals surface area contributed by atoms with Gasteiger partial charge in [-0.05, 0) is 42.8 Å². The second-order valence-corrected chi connectivity index (χ2v) is 5.65. The largest absolute Gasteiger partial charge is 0.309 e. The number of aryl methyl sites for hydroxylation is 1. The lowest BCUT2D eigenvalue weighted by Crippen LogP contribution is -2.18. The van der Waals surface area contributed by atoms with Crippen LogP contribution in [0.3, 0.4) is 0 Å². The fourth-order valence-electron chi connectivity index (χ4n) is 2.78. The van der Waals surface area contributed by atoms with Crippen molar-refractivity contribution in [3.05, 3.63) is 64.5 Å². The average Bonchev–Trinajstić information content (AvgIpc) is 2.86. The third kappa shape index (κ3) is 3.06. The first kappa shape index (κ1) is 13.3. The Bertz CT molecular complexity index is 607. The van der Waals surface area contributed by atoms with Crippen molar-refractivity contribution in [3.8, 4) is 0 Å². The zero-order chi connectivity index (χ0) is 13.9. The van der Waals surface area contributed by atoms with Crippen molar-refractivity contribution in [2.45, 2.75) is 33.1 Å². The minimum absolute atomic E-state index is 0.886. The number of nitrogens with one attached hydrogen (secondary N) is 1. The number of nitrogens with zero attached hydrogens (tertiary/aromatic N) is 2. The summed E-state index contributed by atoms with van der Waals surface area (Å²) in [5.74, 6) is 0. The maximum Gasteiger partial charge on any atom is 0.0547 e. The molecule has 3 nitrogen and oxygen atoms in total. The van der Waals surface area contributed by atoms with Gasteiger partial charge in [-0.25, -0.2) is 0 Å². The lowest BCUT2D eigenvalue weighted by Gasteiger charge is -2.17. The summed E-state index contributed by atoms with van der Waals surface area (Å²) < 4.78 is 0. The zero-order valence-corrected chi connectivity index (χ0v) is 12.2. The Balaban J connectivity index is 1.65. The van der Waals surface area contributed by atoms with Gasteiger partial charge in [-0.2, -0.15) is 0 Å². The standard InChI is InChI=1S/C17H21N3/c1-13-4-3-5-17(19-13)12-20(2)11-14-6-7-15-9-18-10-16(15)8-14/h3-8,18H,9-12H2,1-2H3. The van der Waals surface area contributed by atoms with E-state index in [1.807, 2.05) is 13.0 Å². The molecule has 0 unspecified atom stereocenters. The summed E-state index contributed by atoms with van der Waals surface area (Å²) in [4.78, 5) is 6.87. The molecule has 1 aliphatic rings. The van der Waals surface area contributed by atoms with Gasteiger partial charge in [0.25, 0.3) is 0 Å². The highest BCUT2D eigenvalue weighted by molar-refractivity contribution is 5.34. The minimum Gasteiger partial charge on any atom is -0.309 e. The van der Waals surface area contributed by atoms with Crippen LogP contribution in [0.1, 0.15) is 28.1 Å². The topological polar surface area (TPSA) is 28.2 Å². The Kier molecular flexibility index (Phi) is 3.81. The highest BCUT2D eigenvalue weighted by Gasteiger charge is 2.11. The van der Waals surface area contributed by atoms with Crippen LogP contribution in [0.15, 0.2) is 36.4 Å². The molecule has 3 heteroatoms. The summed E-state index contributed by atoms with van der Waals surface area (Å²) in [6.07, 6.45) is 0. The molecule has 0 bridgehead atoms. The molecule has 1 N–H and O–H groups in total. The van der Waals surface area contributed by atoms with Crippen LogP contribution in [0.4, 0.5) is 0 Å². The Morgan fingerprint density at radius 1 is 1.10 bits per heavy atom. The molecule has 0 spiro atoms. The fraction of sp³-hybridized carbons (Fsp3) is 0.353. The highest BCUT2D eigenvalue weighted by Crippen LogP contribution is 2.18. The van der Waals surface area contributed by atoms with Gasteiger partial charge in [-0.15, -0.1) is 0 Å². The SMILES string of the molecule is Cc1cccc(CN(C)Cc2ccc3c(c2)CNC3)n1. The van der Waals surface area contributed by atoms with Gasteiger partial charge in [0.2, 0.25) is 0 Å². The maximum absolute atomic E-state index is 4.56. The molecular weight excluding hydrogens is 246 g/mol. The van der Waals surface area contributed by atoms with Crippen molar-refractivity contribution in [2.24, 2.45) is 0 Å². The van der Waals surface area contributed by atoms with E-state index < -0.39 is 0 Å². The van der Waals surface area contributed by atoms with Crippen molar-refractivity contribution in [1.29, 1.82) is 0 Å². The van der Waals surface area contributed by atoms with Crippen molar-refractivity contribution < 1.29 is 0 Å². The first-order chi connectivity index (χ1) is 9.70. The number of aromatic nitrogens is 1. The summed E-state index contributed by atoms with van der Waals surface area (Å²) >= 11 is 0. The van der Waals surface area contributed by atoms with Crippen LogP contribution in [-0.4, -0.2) is 16.9 Å². The van der Waals surface area contributed by atoms with E-state index in [2.05, 4.69) is 52.6 Å². The third-order valence-electron chi connectivity index (χ3n) is 3.73. The van der Waals surface area contributed by atoms with Crippen molar-refractivity contribution >= 4 is 0 Å². The summed E-state index contributed by atoms with van der Waals surface area (Å²) in [7, 11) is 2.15. The predicted octanol–water partition coefficient (Wildman–Crippen LogP) is 2.63. The highest BCUT2D eigenvalue weighted by atomic mass is 15.1. The molecule has 1 aliphatic heterocycles. The maximum atomic E-state index is 4.56. The second-order valence-electron chi connectivity index (χ2n) is 5.65. The molecule has 2 heterocycles. The summed E-state index contributed by atoms with van der Waals surface area (Å²) in [5.41, 5.74) is 6.48. The molecule has 0 radical (unpaired) electrons. The van der Waals surface area contributed by atoms with E-state index in [1.54, 1.807) is 0 Å². The Morgan fingerprint density at radius 3 is 2.80 bits per heavy atom. The van der Waals surface area contributed by atoms with Crippen LogP contribution in [-0.2, 0) is 26.2 Å². The molecule has 1 aromatic carbocycles. The Labute approximate surface area is 120 Å². The van der Waals surface area contributed by atoms with Gasteiger partial charge in [0.05, 0.1) is 5.69 Å². The van der Waals surface area contributed by atoms with E-state index in [4.69, 9.17) is 0 Å². The van der Waals surface area contributed by atoms with Gasteiger partial charge in [-0.1, -0.05) is 24.3 Å². The molecule has 0 fully saturated rings. The van der Waals surface area contributed by atoms with E-state index in [0.717, 1.165) is 37.6 Å². The number of fused-ring (bicyclic) bond motifs is 1. The van der Waals surface area contributed by atoms with Gasteiger partial charge >= 0.3 is 0 Å². The molecule has 104 valence electrons. The normalized spacial score (nSPS) is 13.8. The Morgan fingerprint density at radius 2 is 1.95 bits per heavy atom. The molecule has 20 heavy (non-hydrogen) atoms. The number of hydrogen-bond donors (Lipinski definition) is 1. The average molecular weight is 267 g/mol. The van der Waals surface area contributed by atoms with E-state index in [-0.39, 0.29) is 0 Å². The number of rotatable bonds is 4. The number of benzene rings is 1. The van der Waals surface area contributed by atoms with Crippen molar-refractivity contribution in [1.82, 2.24) is 15.2 Å². The van der Waals surface area contributed by atoms with Crippen molar-refractivity contribution in [3.63, 3.8) is 0 Å². The van der Waals surface area contributed by atoms with Gasteiger partial charge in [0.15, 0.2) is 0 Å². The Hall–Kier alpha value is -1.71. The first-order valence-electron chi connectivity index (χ1n) is 7.13. The van der Waals surface area contributed by atoms with Crippen LogP contribution in [0.25, 0.3) is 0 Å². The lowest BCUT2D eigenvalue weighted by molar-refractivity contribution is 0.315. The predicted molar refractivity (Wildman–Crippen MR) is 81.1 cm³/mol. The van der Waals surface area contributed by atoms with Gasteiger partial charge in [0.1, 0.15) is 0 Å². The molecule has 0 saturated carbocycles. The van der Waals surface area contributed by atoms with Gasteiger partial charge in [-0.3, -0.25) is 9.88 Å². The summed E-state index contributed by atoms with van der Waals surface area (Å²) in [6, 6.07) is 13.0. The van der Waals surface area contributed by atoms with Crippen molar-refractivity contribution in [2.75, 3.05) is 7.05 Å². The summed E-state index contributed by atoms with van der Waals surface area (Å²) in [5, 5.41) is 3.39. The number of pyridine rings is 1. The molecule has 0 amide bonds. The molecule has 0 aliphatic carbocycles. The molecular formula is C17H21N3. The smallest absolute Gasteiger partial charge is 0.0547 e. The zero-order valence-electron chi connectivity index (χ0n) is 12.2. The number of hydrogen-bond acceptors (Lipinski definition) is 3. The molecule has 1 aromatic heterocycles. The summed E-state index contributed by atoms with van der Waals surface area (Å²) in [6.45, 7) is 5.90. The van der Waals surface area contributed by atoms with E-state index in [0.29, 0.717) is 0 Å². The molecule has 3 rings (SSSR count). The third-order valence-corrected chi connectivity index (χ3v) is 3.73. The van der Waals surface area contributed by atoms with Gasteiger partial charge < -0.3 is 5.32 Å². The fourth-order valence-corrected chi connectivity index (χ4v) is 2.78. The van der Waals surface area contributed by atoms with E-state index >= 15 is 0 Å². The molecule has 0 atom stereocenters. The molecule has 0 saturated heterocycles. The quantitative estimate of drug-likeness (QED) is 0.923. The van der Waals surface area contributed by atoms with Crippen LogP contribution in [0, 0.1) is 6.92 Å². The van der Waals surface area contributed by atoms with Crippen LogP contribution in [0.5, 0.6) is 0 Å². The van der Waals surface area contributed by atoms with Crippen LogP contribution < -0.4 is 5.32 Å². The van der Waals surface area contributed by atoms with Crippen LogP contribution in [0.2, 0.25) is 0 Å². The molecule has 2 aromatic rings. The lowest BCUT2D eigenvalue weighted by atomic mass is 10.1. The van der Waals surface area contributed by atoms with E-state index in [9.17, 15) is 0 Å². The minimum atomic E-state index is 0.886. The first-order valence-corrected chi connectivity index (χ1v) is 7.13.